The van der Waals surface area contributed by atoms with Crippen molar-refractivity contribution in [2.75, 3.05) is 0 Å². The molecule has 0 aliphatic heterocycles. The Labute approximate surface area is 51.0 Å². The molecule has 1 nitrogen and oxygen atoms in total. The third-order valence-electron chi connectivity index (χ3n) is 0.325. The summed E-state index contributed by atoms with van der Waals surface area (Å²) in [6.07, 6.45) is 0.0434. The zero-order valence-electron chi connectivity index (χ0n) is 4.73. The molecule has 0 saturated carbocycles. The van der Waals surface area contributed by atoms with Gasteiger partial charge in [-0.1, -0.05) is 0 Å². The Kier molecular flexibility index (Phi) is 0.690. The second-order valence-electron chi connectivity index (χ2n) is 0.681. The van der Waals surface area contributed by atoms with Crippen LogP contribution in [0.4, 0.5) is 0 Å². The Hall–Kier alpha value is 0.110. The first kappa shape index (κ1) is 2.43. The maximum absolute atomic E-state index is 6.98. The van der Waals surface area contributed by atoms with E-state index in [1.807, 2.05) is 0 Å². The Morgan fingerprint density at radius 3 is 3.17 bits per heavy atom. The molecule has 1 aromatic heterocycles. The lowest BCUT2D eigenvalue weighted by atomic mass is 11.0. The van der Waals surface area contributed by atoms with Gasteiger partial charge < -0.3 is 0 Å². The fourth-order valence-corrected chi connectivity index (χ4v) is 0.753. The fourth-order valence-electron chi connectivity index (χ4n) is 0.155. The highest BCUT2D eigenvalue weighted by molar-refractivity contribution is 9.11. The van der Waals surface area contributed by atoms with Crippen molar-refractivity contribution in [2.45, 2.75) is 0 Å². The van der Waals surface area contributed by atoms with E-state index in [1.165, 1.54) is 0 Å². The lowest BCUT2D eigenvalue weighted by molar-refractivity contribution is 1.38. The zero-order chi connectivity index (χ0) is 6.15. The molecule has 0 N–H and O–H groups in total. The van der Waals surface area contributed by atoms with E-state index in [0.717, 1.165) is 11.3 Å². The minimum absolute atomic E-state index is 0.0434. The van der Waals surface area contributed by atoms with Crippen LogP contribution in [-0.4, -0.2) is 4.98 Å². The normalized spacial score (nSPS) is 13.5. The molecule has 32 valence electrons. The molecule has 3 heteroatoms. The van der Waals surface area contributed by atoms with Crippen LogP contribution in [0.25, 0.3) is 0 Å². The average Bonchev–Trinajstić information content (AvgIpc) is 1.85. The highest BCUT2D eigenvalue weighted by Crippen LogP contribution is 2.10. The molecule has 0 fully saturated rings. The van der Waals surface area contributed by atoms with Gasteiger partial charge in [-0.05, 0) is 15.9 Å². The summed E-state index contributed by atoms with van der Waals surface area (Å²) < 4.78 is 14.5. The van der Waals surface area contributed by atoms with E-state index in [1.54, 1.807) is 0 Å². The Balaban J connectivity index is 3.14. The molecule has 0 spiro atoms. The monoisotopic (exact) mass is 165 g/mol. The molecular weight excluding hydrogens is 162 g/mol. The number of thiazole rings is 1. The van der Waals surface area contributed by atoms with Crippen LogP contribution < -0.4 is 0 Å². The van der Waals surface area contributed by atoms with Crippen LogP contribution in [0.5, 0.6) is 0 Å². The number of rotatable bonds is 0. The van der Waals surface area contributed by atoms with Gasteiger partial charge in [-0.25, -0.2) is 4.98 Å². The lowest BCUT2D eigenvalue weighted by Gasteiger charge is -1.61. The maximum atomic E-state index is 6.98. The zero-order valence-corrected chi connectivity index (χ0v) is 5.14. The summed E-state index contributed by atoms with van der Waals surface area (Å²) in [4.78, 5) is 3.62. The van der Waals surface area contributed by atoms with Gasteiger partial charge in [0.25, 0.3) is 0 Å². The molecule has 0 radical (unpaired) electrons. The molecule has 0 unspecified atom stereocenters. The smallest absolute Gasteiger partial charge is 0.159 e. The molecule has 1 rings (SSSR count). The van der Waals surface area contributed by atoms with Crippen LogP contribution in [-0.2, 0) is 0 Å². The highest BCUT2D eigenvalue weighted by Gasteiger charge is 1.79. The van der Waals surface area contributed by atoms with Gasteiger partial charge in [-0.3, -0.25) is 0 Å². The summed E-state index contributed by atoms with van der Waals surface area (Å²) in [6.45, 7) is 0. The van der Waals surface area contributed by atoms with E-state index in [9.17, 15) is 0 Å². The number of hydrogen-bond donors (Lipinski definition) is 0. The van der Waals surface area contributed by atoms with Crippen molar-refractivity contribution in [3.8, 4) is 0 Å². The molecule has 1 heterocycles. The fraction of sp³-hybridized carbons (Fsp3) is 0. The molecule has 6 heavy (non-hydrogen) atoms. The van der Waals surface area contributed by atoms with Crippen molar-refractivity contribution >= 4 is 27.3 Å². The van der Waals surface area contributed by atoms with Crippen molar-refractivity contribution in [1.82, 2.24) is 4.98 Å². The van der Waals surface area contributed by atoms with E-state index >= 15 is 0 Å². The molecule has 0 bridgehead atoms. The van der Waals surface area contributed by atoms with Crippen molar-refractivity contribution < 1.29 is 2.74 Å². The van der Waals surface area contributed by atoms with Gasteiger partial charge in [0, 0.05) is 11.5 Å². The Morgan fingerprint density at radius 2 is 3.00 bits per heavy atom. The minimum atomic E-state index is 0.0434. The largest absolute Gasteiger partial charge is 0.238 e. The van der Waals surface area contributed by atoms with Crippen LogP contribution in [0.15, 0.2) is 15.4 Å². The summed E-state index contributed by atoms with van der Waals surface area (Å²) in [5.41, 5.74) is 0. The number of halogens is 1. The third-order valence-corrected chi connectivity index (χ3v) is 1.44. The molecule has 0 atom stereocenters. The topological polar surface area (TPSA) is 12.9 Å². The maximum Gasteiger partial charge on any atom is 0.159 e. The van der Waals surface area contributed by atoms with Crippen molar-refractivity contribution in [3.63, 3.8) is 0 Å². The van der Waals surface area contributed by atoms with E-state index in [4.69, 9.17) is 2.74 Å². The van der Waals surface area contributed by atoms with Crippen LogP contribution in [0, 0.1) is 0 Å². The van der Waals surface area contributed by atoms with Crippen LogP contribution >= 0.6 is 27.3 Å². The van der Waals surface area contributed by atoms with Gasteiger partial charge in [-0.15, -0.1) is 11.3 Å². The first-order valence-corrected chi connectivity index (χ1v) is 2.90. The highest BCUT2D eigenvalue weighted by atomic mass is 79.9. The standard InChI is InChI=1S/C3H2BrNS/c4-3-5-1-2-6-3/h1-2H/i1D,2D. The van der Waals surface area contributed by atoms with E-state index in [0.29, 0.717) is 3.92 Å². The third kappa shape index (κ3) is 0.786. The van der Waals surface area contributed by atoms with Crippen LogP contribution in [0.3, 0.4) is 0 Å². The SMILES string of the molecule is [2H]c1nc(Br)sc1[2H]. The predicted octanol–water partition coefficient (Wildman–Crippen LogP) is 1.91. The Morgan fingerprint density at radius 1 is 2.17 bits per heavy atom. The molecule has 0 aliphatic rings. The van der Waals surface area contributed by atoms with Gasteiger partial charge in [-0.2, -0.15) is 0 Å². The predicted molar refractivity (Wildman–Crippen MR) is 29.8 cm³/mol. The number of hydrogen-bond acceptors (Lipinski definition) is 2. The lowest BCUT2D eigenvalue weighted by Crippen LogP contribution is -1.47. The van der Waals surface area contributed by atoms with Crippen molar-refractivity contribution in [1.29, 1.82) is 0 Å². The summed E-state index contributed by atoms with van der Waals surface area (Å²) in [5, 5.41) is 0.205. The molecule has 0 saturated heterocycles. The first-order valence-electron chi connectivity index (χ1n) is 2.29. The van der Waals surface area contributed by atoms with Crippen molar-refractivity contribution in [3.05, 3.63) is 15.4 Å². The molecule has 0 amide bonds. The van der Waals surface area contributed by atoms with Gasteiger partial charge in [0.1, 0.15) is 0 Å². The molecular formula is C3H2BrNS. The van der Waals surface area contributed by atoms with Crippen molar-refractivity contribution in [2.24, 2.45) is 0 Å². The van der Waals surface area contributed by atoms with Gasteiger partial charge in [0.15, 0.2) is 3.92 Å². The molecule has 0 aromatic carbocycles. The molecule has 1 aromatic rings. The summed E-state index contributed by atoms with van der Waals surface area (Å²) in [7, 11) is 0. The number of aromatic nitrogens is 1. The summed E-state index contributed by atoms with van der Waals surface area (Å²) in [6, 6.07) is 0. The van der Waals surface area contributed by atoms with Gasteiger partial charge in [0.2, 0.25) is 0 Å². The number of nitrogens with zero attached hydrogens (tertiary/aromatic N) is 1. The van der Waals surface area contributed by atoms with Gasteiger partial charge >= 0.3 is 0 Å². The summed E-state index contributed by atoms with van der Waals surface area (Å²) >= 11 is 4.20. The Bertz CT molecular complexity index is 180. The quantitative estimate of drug-likeness (QED) is 0.573. The summed E-state index contributed by atoms with van der Waals surface area (Å²) in [5.74, 6) is 0. The average molecular weight is 166 g/mol. The molecule has 0 aliphatic carbocycles. The second kappa shape index (κ2) is 1.71. The van der Waals surface area contributed by atoms with Crippen LogP contribution in [0.2, 0.25) is 0 Å². The van der Waals surface area contributed by atoms with E-state index in [-0.39, 0.29) is 11.5 Å². The minimum Gasteiger partial charge on any atom is -0.238 e. The van der Waals surface area contributed by atoms with Crippen LogP contribution in [0.1, 0.15) is 2.74 Å². The first-order chi connectivity index (χ1) is 3.70. The van der Waals surface area contributed by atoms with E-state index < -0.39 is 0 Å². The van der Waals surface area contributed by atoms with E-state index in [2.05, 4.69) is 20.9 Å². The van der Waals surface area contributed by atoms with Gasteiger partial charge in [0.05, 0.1) is 2.74 Å². The second-order valence-corrected chi connectivity index (χ2v) is 2.75.